The maximum absolute atomic E-state index is 12.4. The minimum Gasteiger partial charge on any atom is -0.277 e. The van der Waals surface area contributed by atoms with Gasteiger partial charge in [0, 0.05) is 0 Å². The van der Waals surface area contributed by atoms with Gasteiger partial charge in [0.15, 0.2) is 0 Å². The Morgan fingerprint density at radius 2 is 1.94 bits per heavy atom. The lowest BCUT2D eigenvalue weighted by atomic mass is 9.81. The Kier molecular flexibility index (Phi) is 2.77. The summed E-state index contributed by atoms with van der Waals surface area (Å²) >= 11 is 0. The molecular weight excluding hydrogens is 220 g/mol. The Balaban J connectivity index is 2.37. The van der Waals surface area contributed by atoms with Gasteiger partial charge < -0.3 is 0 Å². The predicted molar refractivity (Wildman–Crippen MR) is 60.9 cm³/mol. The Bertz CT molecular complexity index is 397. The van der Waals surface area contributed by atoms with E-state index in [9.17, 15) is 14.4 Å². The average Bonchev–Trinajstić information content (AvgIpc) is 2.77. The minimum atomic E-state index is -1.01. The monoisotopic (exact) mass is 236 g/mol. The Hall–Kier alpha value is -1.65. The SMILES string of the molecule is C=CC(C)N1C(=O)NC(=O)C2(CCCC2)C1=O. The lowest BCUT2D eigenvalue weighted by Gasteiger charge is -2.38. The topological polar surface area (TPSA) is 66.5 Å². The zero-order chi connectivity index (χ0) is 12.6. The largest absolute Gasteiger partial charge is 0.331 e. The number of carbonyl (C=O) groups excluding carboxylic acids is 3. The summed E-state index contributed by atoms with van der Waals surface area (Å²) in [6.45, 7) is 5.29. The van der Waals surface area contributed by atoms with Crippen molar-refractivity contribution in [2.75, 3.05) is 0 Å². The van der Waals surface area contributed by atoms with E-state index in [-0.39, 0.29) is 5.91 Å². The van der Waals surface area contributed by atoms with Gasteiger partial charge in [-0.25, -0.2) is 4.79 Å². The molecule has 1 N–H and O–H groups in total. The normalized spacial score (nSPS) is 25.0. The van der Waals surface area contributed by atoms with E-state index in [1.165, 1.54) is 6.08 Å². The summed E-state index contributed by atoms with van der Waals surface area (Å²) in [6.07, 6.45) is 4.29. The number of barbiturate groups is 1. The van der Waals surface area contributed by atoms with Crippen LogP contribution in [0.4, 0.5) is 4.79 Å². The average molecular weight is 236 g/mol. The summed E-state index contributed by atoms with van der Waals surface area (Å²) in [6, 6.07) is -1.03. The van der Waals surface area contributed by atoms with Gasteiger partial charge in [-0.3, -0.25) is 19.8 Å². The first-order chi connectivity index (χ1) is 8.03. The van der Waals surface area contributed by atoms with Gasteiger partial charge in [0.2, 0.25) is 11.8 Å². The van der Waals surface area contributed by atoms with Gasteiger partial charge in [0.1, 0.15) is 5.41 Å². The van der Waals surface area contributed by atoms with Crippen LogP contribution in [0.5, 0.6) is 0 Å². The zero-order valence-electron chi connectivity index (χ0n) is 9.86. The number of urea groups is 1. The van der Waals surface area contributed by atoms with Gasteiger partial charge in [-0.2, -0.15) is 0 Å². The van der Waals surface area contributed by atoms with Crippen molar-refractivity contribution in [2.24, 2.45) is 5.41 Å². The maximum Gasteiger partial charge on any atom is 0.331 e. The number of imide groups is 2. The van der Waals surface area contributed by atoms with Crippen LogP contribution in [0, 0.1) is 5.41 Å². The fraction of sp³-hybridized carbons (Fsp3) is 0.583. The van der Waals surface area contributed by atoms with Crippen molar-refractivity contribution in [3.63, 3.8) is 0 Å². The Morgan fingerprint density at radius 1 is 1.35 bits per heavy atom. The standard InChI is InChI=1S/C12H16N2O3/c1-3-8(2)14-10(16)12(6-4-5-7-12)9(15)13-11(14)17/h3,8H,1,4-7H2,2H3,(H,13,15,17). The van der Waals surface area contributed by atoms with Crippen LogP contribution >= 0.6 is 0 Å². The molecule has 17 heavy (non-hydrogen) atoms. The molecule has 0 bridgehead atoms. The molecule has 2 fully saturated rings. The second-order valence-electron chi connectivity index (χ2n) is 4.70. The number of hydrogen-bond donors (Lipinski definition) is 1. The van der Waals surface area contributed by atoms with Gasteiger partial charge in [-0.05, 0) is 19.8 Å². The first-order valence-electron chi connectivity index (χ1n) is 5.84. The number of nitrogens with zero attached hydrogens (tertiary/aromatic N) is 1. The molecule has 1 saturated carbocycles. The Labute approximate surface area is 99.8 Å². The number of carbonyl (C=O) groups is 3. The number of amides is 4. The van der Waals surface area contributed by atoms with Crippen molar-refractivity contribution >= 4 is 17.8 Å². The second kappa shape index (κ2) is 3.98. The molecule has 0 aromatic carbocycles. The molecule has 2 aliphatic rings. The first kappa shape index (κ1) is 11.8. The molecular formula is C12H16N2O3. The van der Waals surface area contributed by atoms with Crippen molar-refractivity contribution in [3.05, 3.63) is 12.7 Å². The van der Waals surface area contributed by atoms with Crippen LogP contribution in [-0.4, -0.2) is 28.8 Å². The summed E-state index contributed by atoms with van der Waals surface area (Å²) in [5.41, 5.74) is -1.01. The van der Waals surface area contributed by atoms with Crippen molar-refractivity contribution in [3.8, 4) is 0 Å². The van der Waals surface area contributed by atoms with Crippen molar-refractivity contribution in [1.82, 2.24) is 10.2 Å². The van der Waals surface area contributed by atoms with Crippen LogP contribution in [0.15, 0.2) is 12.7 Å². The Morgan fingerprint density at radius 3 is 2.47 bits per heavy atom. The van der Waals surface area contributed by atoms with E-state index < -0.39 is 23.4 Å². The molecule has 5 heteroatoms. The molecule has 0 aromatic rings. The van der Waals surface area contributed by atoms with Crippen molar-refractivity contribution < 1.29 is 14.4 Å². The fourth-order valence-electron chi connectivity index (χ4n) is 2.59. The quantitative estimate of drug-likeness (QED) is 0.578. The van der Waals surface area contributed by atoms with Gasteiger partial charge in [0.25, 0.3) is 0 Å². The highest BCUT2D eigenvalue weighted by Gasteiger charge is 2.55. The van der Waals surface area contributed by atoms with Crippen LogP contribution in [0.2, 0.25) is 0 Å². The molecule has 0 radical (unpaired) electrons. The van der Waals surface area contributed by atoms with E-state index in [4.69, 9.17) is 0 Å². The molecule has 1 unspecified atom stereocenters. The first-order valence-corrected chi connectivity index (χ1v) is 5.84. The van der Waals surface area contributed by atoms with Gasteiger partial charge in [0.05, 0.1) is 6.04 Å². The zero-order valence-corrected chi connectivity index (χ0v) is 9.86. The van der Waals surface area contributed by atoms with Gasteiger partial charge in [-0.1, -0.05) is 18.9 Å². The van der Waals surface area contributed by atoms with E-state index in [2.05, 4.69) is 11.9 Å². The summed E-state index contributed by atoms with van der Waals surface area (Å²) in [4.78, 5) is 37.0. The highest BCUT2D eigenvalue weighted by atomic mass is 16.2. The van der Waals surface area contributed by atoms with Crippen LogP contribution < -0.4 is 5.32 Å². The molecule has 1 aliphatic heterocycles. The van der Waals surface area contributed by atoms with Crippen molar-refractivity contribution in [1.29, 1.82) is 0 Å². The van der Waals surface area contributed by atoms with E-state index in [0.29, 0.717) is 12.8 Å². The lowest BCUT2D eigenvalue weighted by Crippen LogP contribution is -2.64. The van der Waals surface area contributed by atoms with Crippen LogP contribution in [0.3, 0.4) is 0 Å². The van der Waals surface area contributed by atoms with Crippen LogP contribution in [0.25, 0.3) is 0 Å². The summed E-state index contributed by atoms with van der Waals surface area (Å²) in [5, 5.41) is 2.29. The van der Waals surface area contributed by atoms with Gasteiger partial charge >= 0.3 is 6.03 Å². The molecule has 92 valence electrons. The van der Waals surface area contributed by atoms with Crippen molar-refractivity contribution in [2.45, 2.75) is 38.6 Å². The highest BCUT2D eigenvalue weighted by Crippen LogP contribution is 2.42. The molecule has 1 atom stereocenters. The third-order valence-corrected chi connectivity index (χ3v) is 3.71. The van der Waals surface area contributed by atoms with Gasteiger partial charge in [-0.15, -0.1) is 6.58 Å². The number of rotatable bonds is 2. The maximum atomic E-state index is 12.4. The number of hydrogen-bond acceptors (Lipinski definition) is 3. The summed E-state index contributed by atoms with van der Waals surface area (Å²) in [5.74, 6) is -0.798. The smallest absolute Gasteiger partial charge is 0.277 e. The molecule has 4 amide bonds. The van der Waals surface area contributed by atoms with E-state index >= 15 is 0 Å². The molecule has 1 saturated heterocycles. The minimum absolute atomic E-state index is 0.365. The van der Waals surface area contributed by atoms with E-state index in [0.717, 1.165) is 17.7 Å². The molecule has 0 aromatic heterocycles. The molecule has 2 rings (SSSR count). The van der Waals surface area contributed by atoms with Crippen LogP contribution in [-0.2, 0) is 9.59 Å². The third kappa shape index (κ3) is 1.57. The van der Waals surface area contributed by atoms with E-state index in [1.54, 1.807) is 6.92 Å². The van der Waals surface area contributed by atoms with E-state index in [1.807, 2.05) is 0 Å². The molecule has 5 nitrogen and oxygen atoms in total. The predicted octanol–water partition coefficient (Wildman–Crippen LogP) is 1.20. The summed E-state index contributed by atoms with van der Waals surface area (Å²) in [7, 11) is 0. The summed E-state index contributed by atoms with van der Waals surface area (Å²) < 4.78 is 0. The molecule has 1 aliphatic carbocycles. The van der Waals surface area contributed by atoms with Crippen LogP contribution in [0.1, 0.15) is 32.6 Å². The third-order valence-electron chi connectivity index (χ3n) is 3.71. The number of nitrogens with one attached hydrogen (secondary N) is 1. The molecule has 1 spiro atoms. The lowest BCUT2D eigenvalue weighted by molar-refractivity contribution is -0.151. The second-order valence-corrected chi connectivity index (χ2v) is 4.70. The molecule has 1 heterocycles. The highest BCUT2D eigenvalue weighted by molar-refractivity contribution is 6.19. The fourth-order valence-corrected chi connectivity index (χ4v) is 2.59.